The molecule has 0 unspecified atom stereocenters. The van der Waals surface area contributed by atoms with Gasteiger partial charge < -0.3 is 9.88 Å². The van der Waals surface area contributed by atoms with E-state index in [1.165, 1.54) is 6.07 Å². The van der Waals surface area contributed by atoms with Crippen molar-refractivity contribution in [1.82, 2.24) is 29.5 Å². The average Bonchev–Trinajstić information content (AvgIpc) is 3.08. The van der Waals surface area contributed by atoms with E-state index in [4.69, 9.17) is 0 Å². The number of nitrogens with one attached hydrogen (secondary N) is 1. The van der Waals surface area contributed by atoms with E-state index in [2.05, 4.69) is 30.2 Å². The monoisotopic (exact) mass is 453 g/mol. The first-order valence-corrected chi connectivity index (χ1v) is 9.82. The van der Waals surface area contributed by atoms with Gasteiger partial charge in [-0.25, -0.2) is 9.97 Å². The zero-order chi connectivity index (χ0) is 23.6. The summed E-state index contributed by atoms with van der Waals surface area (Å²) in [4.78, 5) is 32.8. The van der Waals surface area contributed by atoms with Crippen molar-refractivity contribution in [3.63, 3.8) is 0 Å². The normalized spacial score (nSPS) is 11.4. The molecule has 0 aromatic carbocycles. The molecule has 4 rings (SSSR count). The van der Waals surface area contributed by atoms with Gasteiger partial charge in [-0.2, -0.15) is 13.2 Å². The Morgan fingerprint density at radius 3 is 2.48 bits per heavy atom. The maximum Gasteiger partial charge on any atom is 0.433 e. The molecule has 0 spiro atoms. The van der Waals surface area contributed by atoms with Gasteiger partial charge in [0.25, 0.3) is 0 Å². The van der Waals surface area contributed by atoms with Crippen LogP contribution in [0, 0.1) is 13.8 Å². The second-order valence-corrected chi connectivity index (χ2v) is 7.18. The molecule has 4 aromatic heterocycles. The zero-order valence-corrected chi connectivity index (χ0v) is 17.6. The fourth-order valence-electron chi connectivity index (χ4n) is 3.31. The van der Waals surface area contributed by atoms with E-state index in [-0.39, 0.29) is 18.0 Å². The Morgan fingerprint density at radius 2 is 1.82 bits per heavy atom. The van der Waals surface area contributed by atoms with Gasteiger partial charge in [-0.05, 0) is 38.1 Å². The summed E-state index contributed by atoms with van der Waals surface area (Å²) < 4.78 is 40.7. The van der Waals surface area contributed by atoms with E-state index >= 15 is 0 Å². The molecule has 0 saturated heterocycles. The molecule has 33 heavy (non-hydrogen) atoms. The summed E-state index contributed by atoms with van der Waals surface area (Å²) in [7, 11) is 0. The molecule has 11 heteroatoms. The SMILES string of the molecule is Cc1nc(-c2ccnc(C(F)(F)F)c2)c(C)n1CC(=O)Nc1ccc(-c2cnccn2)cn1. The molecule has 8 nitrogen and oxygen atoms in total. The number of carbonyl (C=O) groups is 1. The van der Waals surface area contributed by atoms with Crippen molar-refractivity contribution in [1.29, 1.82) is 0 Å². The van der Waals surface area contributed by atoms with Crippen LogP contribution in [0.1, 0.15) is 17.2 Å². The van der Waals surface area contributed by atoms with Crippen LogP contribution in [0.4, 0.5) is 19.0 Å². The maximum atomic E-state index is 13.0. The van der Waals surface area contributed by atoms with Crippen LogP contribution in [0.25, 0.3) is 22.5 Å². The Labute approximate surface area is 186 Å². The number of carbonyl (C=O) groups excluding carboxylic acids is 1. The van der Waals surface area contributed by atoms with Crippen molar-refractivity contribution in [3.05, 3.63) is 72.5 Å². The number of imidazole rings is 1. The molecule has 0 fully saturated rings. The second-order valence-electron chi connectivity index (χ2n) is 7.18. The molecule has 0 bridgehead atoms. The minimum absolute atomic E-state index is 0.0739. The second kappa shape index (κ2) is 8.77. The van der Waals surface area contributed by atoms with Crippen molar-refractivity contribution >= 4 is 11.7 Å². The number of anilines is 1. The summed E-state index contributed by atoms with van der Waals surface area (Å²) in [6, 6.07) is 5.81. The Balaban J connectivity index is 1.50. The first kappa shape index (κ1) is 22.1. The van der Waals surface area contributed by atoms with E-state index in [1.807, 2.05) is 0 Å². The van der Waals surface area contributed by atoms with Crippen molar-refractivity contribution in [2.24, 2.45) is 0 Å². The number of pyridine rings is 2. The summed E-state index contributed by atoms with van der Waals surface area (Å²) in [6.07, 6.45) is 2.86. The highest BCUT2D eigenvalue weighted by Gasteiger charge is 2.33. The standard InChI is InChI=1S/C22H18F3N7O/c1-13-21(15-5-6-28-18(9-15)22(23,24)25)30-14(2)32(13)12-20(33)31-19-4-3-16(10-29-19)17-11-26-7-8-27-17/h3-11H,12H2,1-2H3,(H,29,31,33). The smallest absolute Gasteiger partial charge is 0.322 e. The predicted octanol–water partition coefficient (Wildman–Crippen LogP) is 4.07. The van der Waals surface area contributed by atoms with Gasteiger partial charge in [-0.1, -0.05) is 0 Å². The van der Waals surface area contributed by atoms with Crippen molar-refractivity contribution in [3.8, 4) is 22.5 Å². The number of halogens is 3. The van der Waals surface area contributed by atoms with Crippen molar-refractivity contribution < 1.29 is 18.0 Å². The molecule has 0 aliphatic heterocycles. The van der Waals surface area contributed by atoms with Crippen LogP contribution >= 0.6 is 0 Å². The van der Waals surface area contributed by atoms with E-state index in [9.17, 15) is 18.0 Å². The molecule has 168 valence electrons. The fourth-order valence-corrected chi connectivity index (χ4v) is 3.31. The summed E-state index contributed by atoms with van der Waals surface area (Å²) >= 11 is 0. The highest BCUT2D eigenvalue weighted by atomic mass is 19.4. The largest absolute Gasteiger partial charge is 0.433 e. The summed E-state index contributed by atoms with van der Waals surface area (Å²) in [5, 5.41) is 2.71. The van der Waals surface area contributed by atoms with Crippen molar-refractivity contribution in [2.75, 3.05) is 5.32 Å². The Hall–Kier alpha value is -4.15. The topological polar surface area (TPSA) is 98.5 Å². The lowest BCUT2D eigenvalue weighted by Crippen LogP contribution is -2.20. The first-order chi connectivity index (χ1) is 15.7. The van der Waals surface area contributed by atoms with Crippen molar-refractivity contribution in [2.45, 2.75) is 26.6 Å². The zero-order valence-electron chi connectivity index (χ0n) is 17.6. The highest BCUT2D eigenvalue weighted by Crippen LogP contribution is 2.31. The Morgan fingerprint density at radius 1 is 1.00 bits per heavy atom. The molecule has 0 aliphatic carbocycles. The van der Waals surface area contributed by atoms with Gasteiger partial charge in [0.05, 0.1) is 17.6 Å². The summed E-state index contributed by atoms with van der Waals surface area (Å²) in [5.74, 6) is 0.497. The lowest BCUT2D eigenvalue weighted by atomic mass is 10.1. The van der Waals surface area contributed by atoms with Crippen LogP contribution in [0.3, 0.4) is 0 Å². The number of nitrogens with zero attached hydrogens (tertiary/aromatic N) is 6. The first-order valence-electron chi connectivity index (χ1n) is 9.82. The van der Waals surface area contributed by atoms with Gasteiger partial charge in [0.1, 0.15) is 23.9 Å². The fraction of sp³-hybridized carbons (Fsp3) is 0.182. The number of hydrogen-bond donors (Lipinski definition) is 1. The maximum absolute atomic E-state index is 13.0. The van der Waals surface area contributed by atoms with Crippen LogP contribution in [0.5, 0.6) is 0 Å². The number of hydrogen-bond acceptors (Lipinski definition) is 6. The van der Waals surface area contributed by atoms with E-state index in [0.717, 1.165) is 17.8 Å². The lowest BCUT2D eigenvalue weighted by molar-refractivity contribution is -0.141. The van der Waals surface area contributed by atoms with Crippen LogP contribution in [0.15, 0.2) is 55.2 Å². The average molecular weight is 453 g/mol. The molecule has 1 amide bonds. The molecular weight excluding hydrogens is 435 g/mol. The third-order valence-corrected chi connectivity index (χ3v) is 4.93. The minimum atomic E-state index is -4.56. The third kappa shape index (κ3) is 4.86. The third-order valence-electron chi connectivity index (χ3n) is 4.93. The molecule has 4 aromatic rings. The van der Waals surface area contributed by atoms with Crippen LogP contribution in [-0.4, -0.2) is 35.4 Å². The molecular formula is C22H18F3N7O. The molecule has 0 saturated carbocycles. The number of rotatable bonds is 5. The molecule has 0 aliphatic rings. The van der Waals surface area contributed by atoms with E-state index in [0.29, 0.717) is 28.7 Å². The van der Waals surface area contributed by atoms with Crippen LogP contribution in [0.2, 0.25) is 0 Å². The predicted molar refractivity (Wildman–Crippen MR) is 114 cm³/mol. The van der Waals surface area contributed by atoms with Gasteiger partial charge in [0.15, 0.2) is 0 Å². The van der Waals surface area contributed by atoms with E-state index in [1.54, 1.807) is 55.3 Å². The lowest BCUT2D eigenvalue weighted by Gasteiger charge is -2.10. The van der Waals surface area contributed by atoms with Gasteiger partial charge in [-0.15, -0.1) is 0 Å². The quantitative estimate of drug-likeness (QED) is 0.489. The summed E-state index contributed by atoms with van der Waals surface area (Å²) in [5.41, 5.74) is 1.61. The van der Waals surface area contributed by atoms with Crippen LogP contribution < -0.4 is 5.32 Å². The Kier molecular flexibility index (Phi) is 5.86. The molecule has 1 N–H and O–H groups in total. The number of aryl methyl sites for hydroxylation is 1. The number of amides is 1. The van der Waals surface area contributed by atoms with E-state index < -0.39 is 11.9 Å². The van der Waals surface area contributed by atoms with Gasteiger partial charge >= 0.3 is 6.18 Å². The number of alkyl halides is 3. The Bertz CT molecular complexity index is 1290. The van der Waals surface area contributed by atoms with Gasteiger partial charge in [0.2, 0.25) is 5.91 Å². The minimum Gasteiger partial charge on any atom is -0.322 e. The molecule has 0 radical (unpaired) electrons. The summed E-state index contributed by atoms with van der Waals surface area (Å²) in [6.45, 7) is 3.31. The molecule has 4 heterocycles. The van der Waals surface area contributed by atoms with Gasteiger partial charge in [0, 0.05) is 41.6 Å². The number of aromatic nitrogens is 6. The van der Waals surface area contributed by atoms with Crippen LogP contribution in [-0.2, 0) is 17.5 Å². The van der Waals surface area contributed by atoms with Gasteiger partial charge in [-0.3, -0.25) is 19.7 Å². The molecule has 0 atom stereocenters. The highest BCUT2D eigenvalue weighted by molar-refractivity contribution is 5.90.